The molecule has 0 saturated carbocycles. The standard InChI is InChI=1S/C17H21BFNO7S/c1-9(2)16(22)25-8-26-17(23)14-11(19)5-4-10-6-12(18(24)27-15(10)14)20-13(21)7-28-3/h4-5,9,12,24H,6-8H2,1-3H3,(H,20,21)/t12-/m0/s1. The Hall–Kier alpha value is -2.27. The van der Waals surface area contributed by atoms with Gasteiger partial charge in [0.25, 0.3) is 0 Å². The number of carbonyl (C=O) groups is 3. The van der Waals surface area contributed by atoms with Gasteiger partial charge in [0.2, 0.25) is 12.7 Å². The molecule has 1 aliphatic rings. The van der Waals surface area contributed by atoms with Crippen LogP contribution in [0.2, 0.25) is 0 Å². The van der Waals surface area contributed by atoms with Gasteiger partial charge < -0.3 is 24.5 Å². The van der Waals surface area contributed by atoms with Gasteiger partial charge in [-0.15, -0.1) is 0 Å². The molecule has 0 aliphatic carbocycles. The van der Waals surface area contributed by atoms with E-state index in [2.05, 4.69) is 5.32 Å². The zero-order chi connectivity index (χ0) is 20.8. The van der Waals surface area contributed by atoms with Crippen LogP contribution in [0.5, 0.6) is 5.75 Å². The van der Waals surface area contributed by atoms with Crippen LogP contribution in [0.25, 0.3) is 0 Å². The van der Waals surface area contributed by atoms with Crippen molar-refractivity contribution < 1.29 is 37.9 Å². The molecule has 1 aliphatic heterocycles. The maximum Gasteiger partial charge on any atom is 0.547 e. The largest absolute Gasteiger partial charge is 0.547 e. The van der Waals surface area contributed by atoms with E-state index in [1.54, 1.807) is 20.1 Å². The Bertz CT molecular complexity index is 761. The van der Waals surface area contributed by atoms with E-state index in [-0.39, 0.29) is 23.8 Å². The van der Waals surface area contributed by atoms with Crippen LogP contribution >= 0.6 is 11.8 Å². The summed E-state index contributed by atoms with van der Waals surface area (Å²) in [5.74, 6) is -3.95. The van der Waals surface area contributed by atoms with Crippen LogP contribution in [0.15, 0.2) is 12.1 Å². The summed E-state index contributed by atoms with van der Waals surface area (Å²) in [5, 5.41) is 12.8. The van der Waals surface area contributed by atoms with Crippen molar-refractivity contribution in [2.24, 2.45) is 5.92 Å². The van der Waals surface area contributed by atoms with E-state index in [1.165, 1.54) is 17.8 Å². The monoisotopic (exact) mass is 413 g/mol. The van der Waals surface area contributed by atoms with Crippen LogP contribution in [-0.4, -0.2) is 54.7 Å². The highest BCUT2D eigenvalue weighted by atomic mass is 32.2. The van der Waals surface area contributed by atoms with Crippen molar-refractivity contribution in [1.29, 1.82) is 0 Å². The molecule has 0 unspecified atom stereocenters. The summed E-state index contributed by atoms with van der Waals surface area (Å²) in [5.41, 5.74) is -0.0849. The second-order valence-corrected chi connectivity index (χ2v) is 7.26. The number of hydrogen-bond donors (Lipinski definition) is 2. The molecule has 0 fully saturated rings. The van der Waals surface area contributed by atoms with Gasteiger partial charge in [0.05, 0.1) is 17.6 Å². The van der Waals surface area contributed by atoms with E-state index in [4.69, 9.17) is 14.1 Å². The van der Waals surface area contributed by atoms with Gasteiger partial charge in [-0.05, 0) is 24.3 Å². The molecule has 28 heavy (non-hydrogen) atoms. The first kappa shape index (κ1) is 22.0. The van der Waals surface area contributed by atoms with E-state index in [9.17, 15) is 23.8 Å². The summed E-state index contributed by atoms with van der Waals surface area (Å²) in [6.07, 6.45) is 1.90. The maximum atomic E-state index is 14.2. The molecule has 0 bridgehead atoms. The number of thioether (sulfide) groups is 1. The lowest BCUT2D eigenvalue weighted by atomic mass is 9.72. The quantitative estimate of drug-likeness (QED) is 0.386. The van der Waals surface area contributed by atoms with Crippen LogP contribution in [-0.2, 0) is 25.5 Å². The van der Waals surface area contributed by atoms with Gasteiger partial charge in [-0.25, -0.2) is 9.18 Å². The molecule has 1 amide bonds. The van der Waals surface area contributed by atoms with Gasteiger partial charge in [-0.1, -0.05) is 19.9 Å². The number of rotatable bonds is 7. The molecule has 1 heterocycles. The van der Waals surface area contributed by atoms with Crippen molar-refractivity contribution in [2.75, 3.05) is 18.8 Å². The molecule has 2 N–H and O–H groups in total. The number of amides is 1. The van der Waals surface area contributed by atoms with Gasteiger partial charge in [-0.3, -0.25) is 9.59 Å². The van der Waals surface area contributed by atoms with Crippen LogP contribution in [0, 0.1) is 11.7 Å². The fourth-order valence-electron chi connectivity index (χ4n) is 2.51. The van der Waals surface area contributed by atoms with Crippen molar-refractivity contribution in [2.45, 2.75) is 26.2 Å². The van der Waals surface area contributed by atoms with Gasteiger partial charge in [0.15, 0.2) is 0 Å². The van der Waals surface area contributed by atoms with Crippen LogP contribution in [0.1, 0.15) is 29.8 Å². The Morgan fingerprint density at radius 3 is 2.75 bits per heavy atom. The fraction of sp³-hybridized carbons (Fsp3) is 0.471. The minimum Gasteiger partial charge on any atom is -0.534 e. The van der Waals surface area contributed by atoms with Gasteiger partial charge in [0, 0.05) is 0 Å². The molecule has 8 nitrogen and oxygen atoms in total. The zero-order valence-corrected chi connectivity index (χ0v) is 16.5. The highest BCUT2D eigenvalue weighted by Crippen LogP contribution is 2.32. The Kier molecular flexibility index (Phi) is 7.70. The predicted octanol–water partition coefficient (Wildman–Crippen LogP) is 0.942. The average Bonchev–Trinajstić information content (AvgIpc) is 2.62. The van der Waals surface area contributed by atoms with Crippen LogP contribution in [0.4, 0.5) is 4.39 Å². The Balaban J connectivity index is 2.13. The number of carbonyl (C=O) groups excluding carboxylic acids is 3. The summed E-state index contributed by atoms with van der Waals surface area (Å²) in [6, 6.07) is 2.47. The molecular formula is C17H21BFNO7S. The lowest BCUT2D eigenvalue weighted by Gasteiger charge is -2.29. The molecule has 1 aromatic carbocycles. The van der Waals surface area contributed by atoms with Gasteiger partial charge in [-0.2, -0.15) is 11.8 Å². The van der Waals surface area contributed by atoms with Crippen LogP contribution < -0.4 is 9.97 Å². The lowest BCUT2D eigenvalue weighted by Crippen LogP contribution is -2.53. The van der Waals surface area contributed by atoms with Gasteiger partial charge >= 0.3 is 19.1 Å². The number of ether oxygens (including phenoxy) is 2. The molecule has 0 radical (unpaired) electrons. The number of hydrogen-bond acceptors (Lipinski definition) is 8. The topological polar surface area (TPSA) is 111 Å². The van der Waals surface area contributed by atoms with Crippen LogP contribution in [0.3, 0.4) is 0 Å². The molecular weight excluding hydrogens is 392 g/mol. The second kappa shape index (κ2) is 9.79. The van der Waals surface area contributed by atoms with Gasteiger partial charge in [0.1, 0.15) is 17.1 Å². The first-order valence-electron chi connectivity index (χ1n) is 8.52. The minimum atomic E-state index is -1.47. The number of fused-ring (bicyclic) bond motifs is 1. The first-order valence-corrected chi connectivity index (χ1v) is 9.92. The smallest absolute Gasteiger partial charge is 0.534 e. The molecule has 1 atom stereocenters. The van der Waals surface area contributed by atoms with Crippen molar-refractivity contribution in [3.8, 4) is 5.75 Å². The highest BCUT2D eigenvalue weighted by molar-refractivity contribution is 7.99. The molecule has 0 spiro atoms. The highest BCUT2D eigenvalue weighted by Gasteiger charge is 2.39. The van der Waals surface area contributed by atoms with E-state index >= 15 is 0 Å². The van der Waals surface area contributed by atoms with E-state index < -0.39 is 49.1 Å². The Labute approximate surface area is 166 Å². The minimum absolute atomic E-state index is 0.138. The van der Waals surface area contributed by atoms with Crippen molar-refractivity contribution in [1.82, 2.24) is 5.32 Å². The molecule has 152 valence electrons. The van der Waals surface area contributed by atoms with Crippen molar-refractivity contribution in [3.63, 3.8) is 0 Å². The van der Waals surface area contributed by atoms with E-state index in [0.29, 0.717) is 5.56 Å². The SMILES string of the molecule is CSCC(=O)N[C@H]1Cc2ccc(F)c(C(=O)OCOC(=O)C(C)C)c2OB1O. The second-order valence-electron chi connectivity index (χ2n) is 6.40. The lowest BCUT2D eigenvalue weighted by molar-refractivity contribution is -0.155. The fourth-order valence-corrected chi connectivity index (χ4v) is 2.86. The summed E-state index contributed by atoms with van der Waals surface area (Å²) >= 11 is 1.32. The Morgan fingerprint density at radius 2 is 2.11 bits per heavy atom. The van der Waals surface area contributed by atoms with E-state index in [1.807, 2.05) is 0 Å². The molecule has 11 heteroatoms. The molecule has 1 aromatic rings. The maximum absolute atomic E-state index is 14.2. The summed E-state index contributed by atoms with van der Waals surface area (Å²) in [6.45, 7) is 2.55. The third kappa shape index (κ3) is 5.38. The number of benzene rings is 1. The molecule has 0 saturated heterocycles. The molecule has 2 rings (SSSR count). The van der Waals surface area contributed by atoms with Crippen molar-refractivity contribution >= 4 is 36.7 Å². The normalized spacial score (nSPS) is 15.5. The summed E-state index contributed by atoms with van der Waals surface area (Å²) < 4.78 is 29.1. The predicted molar refractivity (Wildman–Crippen MR) is 100 cm³/mol. The third-order valence-electron chi connectivity index (χ3n) is 3.90. The molecule has 0 aromatic heterocycles. The zero-order valence-electron chi connectivity index (χ0n) is 15.7. The average molecular weight is 413 g/mol. The number of nitrogens with one attached hydrogen (secondary N) is 1. The Morgan fingerprint density at radius 1 is 1.39 bits per heavy atom. The van der Waals surface area contributed by atoms with E-state index in [0.717, 1.165) is 6.07 Å². The number of halogens is 1. The third-order valence-corrected chi connectivity index (χ3v) is 4.45. The number of esters is 2. The summed E-state index contributed by atoms with van der Waals surface area (Å²) in [7, 11) is -1.47. The summed E-state index contributed by atoms with van der Waals surface area (Å²) in [4.78, 5) is 35.4. The van der Waals surface area contributed by atoms with Crippen molar-refractivity contribution in [3.05, 3.63) is 29.1 Å². The first-order chi connectivity index (χ1) is 13.2.